The van der Waals surface area contributed by atoms with Gasteiger partial charge in [0, 0.05) is 47.5 Å². The number of ether oxygens (including phenoxy) is 3. The van der Waals surface area contributed by atoms with Crippen molar-refractivity contribution in [1.82, 2.24) is 4.98 Å². The smallest absolute Gasteiger partial charge is 0.295 e. The number of anilines is 3. The van der Waals surface area contributed by atoms with E-state index in [1.165, 1.54) is 0 Å². The summed E-state index contributed by atoms with van der Waals surface area (Å²) in [5, 5.41) is 1.04. The van der Waals surface area contributed by atoms with Gasteiger partial charge in [0.05, 0.1) is 24.4 Å². The van der Waals surface area contributed by atoms with Gasteiger partial charge in [-0.2, -0.15) is 0 Å². The molecule has 7 heteroatoms. The molecular formula is C29H27N3O4. The first-order valence-corrected chi connectivity index (χ1v) is 12.2. The van der Waals surface area contributed by atoms with Crippen molar-refractivity contribution in [2.75, 3.05) is 36.1 Å². The Labute approximate surface area is 209 Å². The normalized spacial score (nSPS) is 17.2. The molecule has 0 bridgehead atoms. The van der Waals surface area contributed by atoms with Crippen molar-refractivity contribution >= 4 is 34.4 Å². The van der Waals surface area contributed by atoms with E-state index in [2.05, 4.69) is 28.0 Å². The molecule has 1 unspecified atom stereocenters. The van der Waals surface area contributed by atoms with E-state index in [-0.39, 0.29) is 0 Å². The molecule has 6 rings (SSSR count). The number of fused-ring (bicyclic) bond motifs is 3. The first-order chi connectivity index (χ1) is 17.7. The number of hydrogen-bond donors (Lipinski definition) is 0. The first-order valence-electron chi connectivity index (χ1n) is 12.2. The van der Waals surface area contributed by atoms with Crippen LogP contribution in [0.15, 0.2) is 72.8 Å². The van der Waals surface area contributed by atoms with Gasteiger partial charge in [0.1, 0.15) is 11.5 Å². The van der Waals surface area contributed by atoms with E-state index >= 15 is 0 Å². The number of aromatic nitrogens is 1. The molecular weight excluding hydrogens is 454 g/mol. The van der Waals surface area contributed by atoms with Crippen LogP contribution in [0, 0.1) is 6.92 Å². The van der Waals surface area contributed by atoms with E-state index < -0.39 is 6.23 Å². The van der Waals surface area contributed by atoms with Crippen molar-refractivity contribution in [3.63, 3.8) is 0 Å². The maximum absolute atomic E-state index is 11.5. The molecule has 3 aromatic carbocycles. The number of carbonyl (C=O) groups is 1. The van der Waals surface area contributed by atoms with Crippen LogP contribution in [0.3, 0.4) is 0 Å². The van der Waals surface area contributed by atoms with E-state index in [9.17, 15) is 4.79 Å². The minimum atomic E-state index is -0.448. The zero-order chi connectivity index (χ0) is 24.5. The molecule has 2 aliphatic heterocycles. The summed E-state index contributed by atoms with van der Waals surface area (Å²) in [6.45, 7) is 5.71. The summed E-state index contributed by atoms with van der Waals surface area (Å²) in [5.74, 6) is 1.52. The van der Waals surface area contributed by atoms with Crippen LogP contribution in [0.2, 0.25) is 0 Å². The third-order valence-corrected chi connectivity index (χ3v) is 6.84. The fraction of sp³-hybridized carbons (Fsp3) is 0.241. The molecule has 0 spiro atoms. The molecule has 1 aromatic heterocycles. The molecule has 7 nitrogen and oxygen atoms in total. The van der Waals surface area contributed by atoms with Crippen molar-refractivity contribution in [2.24, 2.45) is 0 Å². The van der Waals surface area contributed by atoms with Crippen LogP contribution >= 0.6 is 0 Å². The van der Waals surface area contributed by atoms with E-state index in [1.54, 1.807) is 0 Å². The number of nitrogens with zero attached hydrogens (tertiary/aromatic N) is 3. The number of para-hydroxylation sites is 1. The molecule has 1 saturated heterocycles. The number of hydrogen-bond acceptors (Lipinski definition) is 7. The summed E-state index contributed by atoms with van der Waals surface area (Å²) in [6.07, 6.45) is 0.129. The van der Waals surface area contributed by atoms with Crippen molar-refractivity contribution in [3.05, 3.63) is 84.1 Å². The SMILES string of the molecule is Cc1nc2ccc(N3CCOCC3)cc2c2c1CC(OC=O)N2c1ccc(Oc2ccccc2)cc1. The monoisotopic (exact) mass is 481 g/mol. The van der Waals surface area contributed by atoms with Crippen LogP contribution in [0.25, 0.3) is 10.9 Å². The molecule has 2 aliphatic rings. The van der Waals surface area contributed by atoms with Gasteiger partial charge in [-0.05, 0) is 61.5 Å². The van der Waals surface area contributed by atoms with Crippen LogP contribution in [-0.4, -0.2) is 44.0 Å². The Morgan fingerprint density at radius 1 is 0.944 bits per heavy atom. The molecule has 36 heavy (non-hydrogen) atoms. The van der Waals surface area contributed by atoms with E-state index in [1.807, 2.05) is 61.5 Å². The van der Waals surface area contributed by atoms with Crippen molar-refractivity contribution < 1.29 is 19.0 Å². The minimum absolute atomic E-state index is 0.448. The van der Waals surface area contributed by atoms with Crippen LogP contribution in [0.4, 0.5) is 17.1 Å². The highest BCUT2D eigenvalue weighted by molar-refractivity contribution is 5.99. The second kappa shape index (κ2) is 9.51. The summed E-state index contributed by atoms with van der Waals surface area (Å²) in [4.78, 5) is 20.8. The number of pyridine rings is 1. The van der Waals surface area contributed by atoms with Gasteiger partial charge in [0.2, 0.25) is 0 Å². The van der Waals surface area contributed by atoms with E-state index in [0.717, 1.165) is 77.0 Å². The lowest BCUT2D eigenvalue weighted by molar-refractivity contribution is -0.132. The lowest BCUT2D eigenvalue weighted by Crippen LogP contribution is -2.36. The molecule has 0 aliphatic carbocycles. The summed E-state index contributed by atoms with van der Waals surface area (Å²) in [5.41, 5.74) is 6.07. The molecule has 3 heterocycles. The van der Waals surface area contributed by atoms with Crippen molar-refractivity contribution in [3.8, 4) is 11.5 Å². The van der Waals surface area contributed by atoms with Gasteiger partial charge in [-0.1, -0.05) is 18.2 Å². The van der Waals surface area contributed by atoms with Gasteiger partial charge in [-0.15, -0.1) is 0 Å². The van der Waals surface area contributed by atoms with Crippen LogP contribution in [0.1, 0.15) is 11.3 Å². The largest absolute Gasteiger partial charge is 0.457 e. The van der Waals surface area contributed by atoms with E-state index in [0.29, 0.717) is 12.9 Å². The maximum atomic E-state index is 11.5. The lowest BCUT2D eigenvalue weighted by atomic mass is 10.0. The Morgan fingerprint density at radius 2 is 1.67 bits per heavy atom. The Hall–Kier alpha value is -4.10. The predicted molar refractivity (Wildman–Crippen MR) is 139 cm³/mol. The van der Waals surface area contributed by atoms with Gasteiger partial charge in [-0.25, -0.2) is 0 Å². The Bertz CT molecular complexity index is 1390. The summed E-state index contributed by atoms with van der Waals surface area (Å²) < 4.78 is 17.1. The fourth-order valence-electron chi connectivity index (χ4n) is 5.11. The Balaban J connectivity index is 1.42. The second-order valence-corrected chi connectivity index (χ2v) is 9.00. The molecule has 0 saturated carbocycles. The predicted octanol–water partition coefficient (Wildman–Crippen LogP) is 5.37. The van der Waals surface area contributed by atoms with Crippen molar-refractivity contribution in [2.45, 2.75) is 19.6 Å². The standard InChI is InChI=1S/C29H27N3O4/c1-20-25-18-28(35-19-33)32(21-7-10-24(11-8-21)36-23-5-3-2-4-6-23)29(25)26-17-22(9-12-27(26)30-20)31-13-15-34-16-14-31/h2-12,17,19,28H,13-16,18H2,1H3. The highest BCUT2D eigenvalue weighted by atomic mass is 16.5. The molecule has 0 amide bonds. The minimum Gasteiger partial charge on any atom is -0.457 e. The number of morpholine rings is 1. The average molecular weight is 482 g/mol. The molecule has 4 aromatic rings. The average Bonchev–Trinajstić information content (AvgIpc) is 3.30. The van der Waals surface area contributed by atoms with E-state index in [4.69, 9.17) is 19.2 Å². The topological polar surface area (TPSA) is 64.1 Å². The molecule has 0 N–H and O–H groups in total. The fourth-order valence-corrected chi connectivity index (χ4v) is 5.11. The second-order valence-electron chi connectivity index (χ2n) is 9.00. The first kappa shape index (κ1) is 22.4. The lowest BCUT2D eigenvalue weighted by Gasteiger charge is -2.30. The Morgan fingerprint density at radius 3 is 2.42 bits per heavy atom. The van der Waals surface area contributed by atoms with Gasteiger partial charge in [-0.3, -0.25) is 9.78 Å². The van der Waals surface area contributed by atoms with Crippen LogP contribution in [-0.2, 0) is 20.7 Å². The van der Waals surface area contributed by atoms with Crippen LogP contribution < -0.4 is 14.5 Å². The molecule has 182 valence electrons. The van der Waals surface area contributed by atoms with Gasteiger partial charge in [0.25, 0.3) is 6.47 Å². The zero-order valence-corrected chi connectivity index (χ0v) is 20.1. The quantitative estimate of drug-likeness (QED) is 0.343. The number of aryl methyl sites for hydroxylation is 1. The number of carbonyl (C=O) groups excluding carboxylic acids is 1. The van der Waals surface area contributed by atoms with Gasteiger partial charge < -0.3 is 24.0 Å². The highest BCUT2D eigenvalue weighted by Gasteiger charge is 2.35. The summed E-state index contributed by atoms with van der Waals surface area (Å²) in [6, 6.07) is 24.0. The summed E-state index contributed by atoms with van der Waals surface area (Å²) in [7, 11) is 0. The zero-order valence-electron chi connectivity index (χ0n) is 20.1. The number of rotatable bonds is 6. The maximum Gasteiger partial charge on any atom is 0.295 e. The Kier molecular flexibility index (Phi) is 5.91. The molecule has 1 fully saturated rings. The summed E-state index contributed by atoms with van der Waals surface area (Å²) >= 11 is 0. The molecule has 0 radical (unpaired) electrons. The van der Waals surface area contributed by atoms with Crippen LogP contribution in [0.5, 0.6) is 11.5 Å². The third-order valence-electron chi connectivity index (χ3n) is 6.84. The number of benzene rings is 3. The highest BCUT2D eigenvalue weighted by Crippen LogP contribution is 2.45. The van der Waals surface area contributed by atoms with Crippen molar-refractivity contribution in [1.29, 1.82) is 0 Å². The third kappa shape index (κ3) is 4.12. The van der Waals surface area contributed by atoms with Gasteiger partial charge >= 0.3 is 0 Å². The van der Waals surface area contributed by atoms with Gasteiger partial charge in [0.15, 0.2) is 6.23 Å². The molecule has 1 atom stereocenters.